The molecule has 1 unspecified atom stereocenters. The smallest absolute Gasteiger partial charge is 0.235 e. The Balaban J connectivity index is 0.00000210. The first-order chi connectivity index (χ1) is 17.0. The van der Waals surface area contributed by atoms with Crippen LogP contribution in [-0.4, -0.2) is 25.9 Å². The second kappa shape index (κ2) is 14.2. The van der Waals surface area contributed by atoms with Crippen molar-refractivity contribution in [1.82, 2.24) is 0 Å². The van der Waals surface area contributed by atoms with Crippen LogP contribution >= 0.6 is 0 Å². The van der Waals surface area contributed by atoms with E-state index in [4.69, 9.17) is 14.2 Å². The van der Waals surface area contributed by atoms with Crippen LogP contribution in [0.3, 0.4) is 0 Å². The van der Waals surface area contributed by atoms with Gasteiger partial charge in [-0.15, -0.1) is 13.2 Å². The van der Waals surface area contributed by atoms with E-state index >= 15 is 0 Å². The number of Topliss-reactive ketones (excluding diaryl/α,β-unsaturated/α-hetero) is 1. The molecule has 6 nitrogen and oxygen atoms in total. The predicted molar refractivity (Wildman–Crippen MR) is 141 cm³/mol. The molecular weight excluding hydrogens is 442 g/mol. The molecule has 1 N–H and O–H groups in total. The Bertz CT molecular complexity index is 1000. The number of aryl methyl sites for hydroxylation is 1. The van der Waals surface area contributed by atoms with Gasteiger partial charge in [0.25, 0.3) is 0 Å². The standard InChI is InChI=1S/C27H35NO5.C2H4/c1-5-7-9-11-18-15-19(31-3)13-14-23(18)33-24-17-20(32-4)16-22-25(24)28-27(30)21(26(22)29)12-10-8-6-2;1-2/h13-17,21H,5-12H2,1-4H3,(H,28,30);1-2H2. The lowest BCUT2D eigenvalue weighted by Gasteiger charge is -2.26. The van der Waals surface area contributed by atoms with Crippen molar-refractivity contribution >= 4 is 17.4 Å². The molecule has 6 heteroatoms. The van der Waals surface area contributed by atoms with Crippen LogP contribution in [0.1, 0.15) is 74.7 Å². The highest BCUT2D eigenvalue weighted by Crippen LogP contribution is 2.42. The number of ketones is 1. The fourth-order valence-electron chi connectivity index (χ4n) is 4.15. The first-order valence-electron chi connectivity index (χ1n) is 12.4. The molecule has 0 spiro atoms. The molecule has 0 aromatic heterocycles. The third kappa shape index (κ3) is 7.10. The van der Waals surface area contributed by atoms with Gasteiger partial charge in [0, 0.05) is 11.6 Å². The molecule has 1 aliphatic rings. The van der Waals surface area contributed by atoms with Crippen LogP contribution in [0.5, 0.6) is 23.0 Å². The summed E-state index contributed by atoms with van der Waals surface area (Å²) in [6, 6.07) is 9.09. The average molecular weight is 482 g/mol. The van der Waals surface area contributed by atoms with Gasteiger partial charge in [-0.1, -0.05) is 46.0 Å². The molecule has 1 atom stereocenters. The van der Waals surface area contributed by atoms with Crippen molar-refractivity contribution in [3.05, 3.63) is 54.6 Å². The summed E-state index contributed by atoms with van der Waals surface area (Å²) in [5.74, 6) is 1.24. The molecule has 3 rings (SSSR count). The summed E-state index contributed by atoms with van der Waals surface area (Å²) in [5, 5.41) is 2.94. The summed E-state index contributed by atoms with van der Waals surface area (Å²) in [6.07, 6.45) is 7.54. The van der Waals surface area contributed by atoms with Gasteiger partial charge in [0.05, 0.1) is 19.9 Å². The quantitative estimate of drug-likeness (QED) is 0.195. The maximum absolute atomic E-state index is 13.2. The molecule has 2 aromatic carbocycles. The van der Waals surface area contributed by atoms with Gasteiger partial charge < -0.3 is 19.5 Å². The summed E-state index contributed by atoms with van der Waals surface area (Å²) in [7, 11) is 3.20. The molecule has 0 fully saturated rings. The molecule has 0 saturated carbocycles. The molecule has 0 saturated heterocycles. The number of amides is 1. The summed E-state index contributed by atoms with van der Waals surface area (Å²) >= 11 is 0. The zero-order valence-electron chi connectivity index (χ0n) is 21.6. The van der Waals surface area contributed by atoms with Crippen LogP contribution in [0.25, 0.3) is 0 Å². The van der Waals surface area contributed by atoms with Gasteiger partial charge in [0.2, 0.25) is 5.91 Å². The summed E-state index contributed by atoms with van der Waals surface area (Å²) in [5.41, 5.74) is 1.87. The van der Waals surface area contributed by atoms with Crippen LogP contribution in [0.4, 0.5) is 5.69 Å². The number of nitrogens with one attached hydrogen (secondary N) is 1. The van der Waals surface area contributed by atoms with Crippen molar-refractivity contribution in [2.75, 3.05) is 19.5 Å². The normalized spacial score (nSPS) is 14.3. The molecule has 190 valence electrons. The maximum Gasteiger partial charge on any atom is 0.235 e. The van der Waals surface area contributed by atoms with E-state index in [-0.39, 0.29) is 11.7 Å². The summed E-state index contributed by atoms with van der Waals surface area (Å²) < 4.78 is 17.2. The van der Waals surface area contributed by atoms with Crippen molar-refractivity contribution < 1.29 is 23.8 Å². The Morgan fingerprint density at radius 3 is 2.20 bits per heavy atom. The molecular formula is C29H39NO5. The number of benzene rings is 2. The Morgan fingerprint density at radius 2 is 1.54 bits per heavy atom. The SMILES string of the molecule is C=C.CCCCCc1cc(OC)ccc1Oc1cc(OC)cc2c1NC(=O)C(CCCCC)C2=O. The molecule has 1 heterocycles. The predicted octanol–water partition coefficient (Wildman–Crippen LogP) is 7.36. The first kappa shape index (κ1) is 28.0. The lowest BCUT2D eigenvalue weighted by Crippen LogP contribution is -2.35. The summed E-state index contributed by atoms with van der Waals surface area (Å²) in [4.78, 5) is 26.0. The lowest BCUT2D eigenvalue weighted by molar-refractivity contribution is -0.119. The number of hydrogen-bond donors (Lipinski definition) is 1. The Kier molecular flexibility index (Phi) is 11.3. The minimum absolute atomic E-state index is 0.175. The van der Waals surface area contributed by atoms with E-state index in [2.05, 4.69) is 32.3 Å². The monoisotopic (exact) mass is 481 g/mol. The number of anilines is 1. The van der Waals surface area contributed by atoms with E-state index in [1.807, 2.05) is 18.2 Å². The number of methoxy groups -OCH3 is 2. The second-order valence-electron chi connectivity index (χ2n) is 8.48. The summed E-state index contributed by atoms with van der Waals surface area (Å²) in [6.45, 7) is 10.3. The van der Waals surface area contributed by atoms with Crippen LogP contribution in [0.15, 0.2) is 43.5 Å². The largest absolute Gasteiger partial charge is 0.497 e. The molecule has 2 aromatic rings. The van der Waals surface area contributed by atoms with E-state index < -0.39 is 5.92 Å². The number of fused-ring (bicyclic) bond motifs is 1. The van der Waals surface area contributed by atoms with Gasteiger partial charge in [-0.05, 0) is 49.1 Å². The second-order valence-corrected chi connectivity index (χ2v) is 8.48. The van der Waals surface area contributed by atoms with Gasteiger partial charge in [-0.25, -0.2) is 0 Å². The number of hydrogen-bond acceptors (Lipinski definition) is 5. The molecule has 1 amide bonds. The molecule has 35 heavy (non-hydrogen) atoms. The van der Waals surface area contributed by atoms with E-state index in [0.29, 0.717) is 34.9 Å². The molecule has 0 radical (unpaired) electrons. The number of rotatable bonds is 12. The van der Waals surface area contributed by atoms with E-state index in [1.165, 1.54) is 0 Å². The highest BCUT2D eigenvalue weighted by Gasteiger charge is 2.36. The molecule has 0 aliphatic carbocycles. The van der Waals surface area contributed by atoms with Gasteiger partial charge >= 0.3 is 0 Å². The van der Waals surface area contributed by atoms with Crippen LogP contribution < -0.4 is 19.5 Å². The minimum Gasteiger partial charge on any atom is -0.497 e. The van der Waals surface area contributed by atoms with E-state index in [1.54, 1.807) is 26.4 Å². The molecule has 1 aliphatic heterocycles. The highest BCUT2D eigenvalue weighted by molar-refractivity contribution is 6.21. The number of ether oxygens (including phenoxy) is 3. The van der Waals surface area contributed by atoms with Crippen molar-refractivity contribution in [2.45, 2.75) is 65.2 Å². The van der Waals surface area contributed by atoms with Gasteiger partial charge in [-0.2, -0.15) is 0 Å². The maximum atomic E-state index is 13.2. The van der Waals surface area contributed by atoms with Gasteiger partial charge in [-0.3, -0.25) is 9.59 Å². The van der Waals surface area contributed by atoms with Crippen LogP contribution in [0.2, 0.25) is 0 Å². The van der Waals surface area contributed by atoms with Crippen molar-refractivity contribution in [3.63, 3.8) is 0 Å². The Morgan fingerprint density at radius 1 is 0.857 bits per heavy atom. The average Bonchev–Trinajstić information content (AvgIpc) is 2.88. The Hall–Kier alpha value is -3.28. The third-order valence-corrected chi connectivity index (χ3v) is 6.09. The van der Waals surface area contributed by atoms with Crippen molar-refractivity contribution in [3.8, 4) is 23.0 Å². The zero-order chi connectivity index (χ0) is 25.8. The van der Waals surface area contributed by atoms with Gasteiger partial charge in [0.15, 0.2) is 11.5 Å². The lowest BCUT2D eigenvalue weighted by atomic mass is 9.87. The highest BCUT2D eigenvalue weighted by atomic mass is 16.5. The number of carbonyl (C=O) groups excluding carboxylic acids is 2. The van der Waals surface area contributed by atoms with E-state index in [9.17, 15) is 9.59 Å². The van der Waals surface area contributed by atoms with Crippen LogP contribution in [0, 0.1) is 5.92 Å². The van der Waals surface area contributed by atoms with Crippen molar-refractivity contribution in [1.29, 1.82) is 0 Å². The van der Waals surface area contributed by atoms with E-state index in [0.717, 1.165) is 56.3 Å². The third-order valence-electron chi connectivity index (χ3n) is 6.09. The number of carbonyl (C=O) groups is 2. The topological polar surface area (TPSA) is 73.9 Å². The number of unbranched alkanes of at least 4 members (excludes halogenated alkanes) is 4. The fourth-order valence-corrected chi connectivity index (χ4v) is 4.15. The molecule has 0 bridgehead atoms. The minimum atomic E-state index is -0.672. The first-order valence-corrected chi connectivity index (χ1v) is 12.4. The van der Waals surface area contributed by atoms with Gasteiger partial charge in [0.1, 0.15) is 23.2 Å². The Labute approximate surface area is 209 Å². The fraction of sp³-hybridized carbons (Fsp3) is 0.448. The zero-order valence-corrected chi connectivity index (χ0v) is 21.6. The van der Waals surface area contributed by atoms with Crippen molar-refractivity contribution in [2.24, 2.45) is 5.92 Å². The van der Waals surface area contributed by atoms with Crippen LogP contribution in [-0.2, 0) is 11.2 Å².